The molecule has 0 amide bonds. The van der Waals surface area contributed by atoms with Gasteiger partial charge in [0.15, 0.2) is 0 Å². The van der Waals surface area contributed by atoms with Crippen molar-refractivity contribution in [3.05, 3.63) is 120 Å². The molecule has 36 heavy (non-hydrogen) atoms. The average Bonchev–Trinajstić information content (AvgIpc) is 2.89. The molecule has 0 aliphatic rings. The van der Waals surface area contributed by atoms with Gasteiger partial charge in [0.2, 0.25) is 0 Å². The Hall–Kier alpha value is -1.41. The standard InChI is InChI=1S/C34H44.2Li/c1-5-27(3)24-33(22-20-29-14-9-7-10-15-29)31-18-13-19-32(26-31)34(25-28(4)6-2)23-21-30-16-11-8-12-17-30;;/h7-21,26-28,33-34H,5-6,22-25H2,1-4H3;;/q-2;2*+1. The molecule has 4 atom stereocenters. The van der Waals surface area contributed by atoms with Crippen LogP contribution in [-0.2, 0) is 0 Å². The van der Waals surface area contributed by atoms with Gasteiger partial charge in [-0.25, -0.2) is 0 Å². The SMILES string of the molecule is CCC(C)CC(C[CH-]c1ccccc1)c1cccc(C(C[CH-]c2ccccc2)CC(C)CC)c1.[Li+].[Li+]. The van der Waals surface area contributed by atoms with Crippen LogP contribution in [0.15, 0.2) is 84.9 Å². The Morgan fingerprint density at radius 2 is 0.944 bits per heavy atom. The van der Waals surface area contributed by atoms with Gasteiger partial charge in [0.05, 0.1) is 0 Å². The molecule has 4 unspecified atom stereocenters. The van der Waals surface area contributed by atoms with Crippen LogP contribution in [-0.4, -0.2) is 0 Å². The normalized spacial score (nSPS) is 13.9. The number of hydrogen-bond acceptors (Lipinski definition) is 0. The van der Waals surface area contributed by atoms with Crippen molar-refractivity contribution >= 4 is 0 Å². The van der Waals surface area contributed by atoms with Crippen molar-refractivity contribution in [3.8, 4) is 0 Å². The fraction of sp³-hybridized carbons (Fsp3) is 0.412. The van der Waals surface area contributed by atoms with Crippen LogP contribution in [0.5, 0.6) is 0 Å². The van der Waals surface area contributed by atoms with E-state index in [0.29, 0.717) is 11.8 Å². The zero-order valence-electron chi connectivity index (χ0n) is 23.8. The Kier molecular flexibility index (Phi) is 16.3. The summed E-state index contributed by atoms with van der Waals surface area (Å²) in [7, 11) is 0. The first kappa shape index (κ1) is 32.6. The van der Waals surface area contributed by atoms with Gasteiger partial charge in [0.1, 0.15) is 0 Å². The second-order valence-electron chi connectivity index (χ2n) is 10.3. The van der Waals surface area contributed by atoms with Gasteiger partial charge < -0.3 is 0 Å². The molecule has 0 saturated heterocycles. The summed E-state index contributed by atoms with van der Waals surface area (Å²) < 4.78 is 0. The topological polar surface area (TPSA) is 0 Å². The van der Waals surface area contributed by atoms with Gasteiger partial charge >= 0.3 is 37.7 Å². The molecule has 2 heteroatoms. The molecule has 0 heterocycles. The largest absolute Gasteiger partial charge is 1.00 e. The minimum absolute atomic E-state index is 0. The number of rotatable bonds is 14. The van der Waals surface area contributed by atoms with Crippen LogP contribution in [0.3, 0.4) is 0 Å². The van der Waals surface area contributed by atoms with E-state index in [0.717, 1.165) is 24.7 Å². The van der Waals surface area contributed by atoms with Gasteiger partial charge in [-0.2, -0.15) is 48.2 Å². The molecular formula is C34H44Li2. The van der Waals surface area contributed by atoms with E-state index in [9.17, 15) is 0 Å². The molecule has 3 aromatic rings. The smallest absolute Gasteiger partial charge is 0.192 e. The second kappa shape index (κ2) is 17.9. The van der Waals surface area contributed by atoms with E-state index in [4.69, 9.17) is 0 Å². The number of benzene rings is 3. The van der Waals surface area contributed by atoms with Gasteiger partial charge in [-0.1, -0.05) is 89.8 Å². The van der Waals surface area contributed by atoms with Crippen molar-refractivity contribution in [3.63, 3.8) is 0 Å². The molecule has 182 valence electrons. The predicted molar refractivity (Wildman–Crippen MR) is 149 cm³/mol. The first-order valence-electron chi connectivity index (χ1n) is 13.4. The van der Waals surface area contributed by atoms with Gasteiger partial charge in [-0.05, 0) is 47.6 Å². The van der Waals surface area contributed by atoms with Crippen molar-refractivity contribution in [2.45, 2.75) is 78.1 Å². The van der Waals surface area contributed by atoms with Gasteiger partial charge in [0, 0.05) is 0 Å². The molecule has 0 nitrogen and oxygen atoms in total. The van der Waals surface area contributed by atoms with E-state index >= 15 is 0 Å². The van der Waals surface area contributed by atoms with Crippen molar-refractivity contribution in [2.75, 3.05) is 0 Å². The molecule has 3 rings (SSSR count). The van der Waals surface area contributed by atoms with Crippen molar-refractivity contribution in [1.29, 1.82) is 0 Å². The minimum Gasteiger partial charge on any atom is -0.192 e. The average molecular weight is 467 g/mol. The molecule has 0 spiro atoms. The molecular weight excluding hydrogens is 422 g/mol. The molecule has 0 N–H and O–H groups in total. The first-order valence-corrected chi connectivity index (χ1v) is 13.4. The monoisotopic (exact) mass is 466 g/mol. The molecule has 0 fully saturated rings. The second-order valence-corrected chi connectivity index (χ2v) is 10.3. The predicted octanol–water partition coefficient (Wildman–Crippen LogP) is 4.02. The summed E-state index contributed by atoms with van der Waals surface area (Å²) in [5.74, 6) is 2.61. The third kappa shape index (κ3) is 10.9. The Bertz CT molecular complexity index is 863. The van der Waals surface area contributed by atoms with E-state index in [1.165, 1.54) is 47.9 Å². The molecule has 0 saturated carbocycles. The van der Waals surface area contributed by atoms with Crippen LogP contribution >= 0.6 is 0 Å². The Morgan fingerprint density at radius 3 is 1.31 bits per heavy atom. The summed E-state index contributed by atoms with van der Waals surface area (Å²) in [6.45, 7) is 9.45. The Morgan fingerprint density at radius 1 is 0.556 bits per heavy atom. The van der Waals surface area contributed by atoms with Crippen LogP contribution < -0.4 is 37.7 Å². The summed E-state index contributed by atoms with van der Waals surface area (Å²) in [6, 6.07) is 31.2. The zero-order chi connectivity index (χ0) is 24.2. The fourth-order valence-corrected chi connectivity index (χ4v) is 4.84. The molecule has 0 aliphatic heterocycles. The van der Waals surface area contributed by atoms with Gasteiger partial charge in [-0.3, -0.25) is 0 Å². The maximum atomic E-state index is 2.54. The first-order chi connectivity index (χ1) is 16.6. The van der Waals surface area contributed by atoms with E-state index in [1.807, 2.05) is 0 Å². The van der Waals surface area contributed by atoms with Crippen LogP contribution in [0.4, 0.5) is 0 Å². The fourth-order valence-electron chi connectivity index (χ4n) is 4.84. The summed E-state index contributed by atoms with van der Waals surface area (Å²) in [5.41, 5.74) is 5.69. The molecule has 3 aromatic carbocycles. The molecule has 0 bridgehead atoms. The van der Waals surface area contributed by atoms with E-state index in [1.54, 1.807) is 0 Å². The summed E-state index contributed by atoms with van der Waals surface area (Å²) in [4.78, 5) is 0. The van der Waals surface area contributed by atoms with Gasteiger partial charge in [-0.15, -0.1) is 24.3 Å². The third-order valence-corrected chi connectivity index (χ3v) is 7.50. The summed E-state index contributed by atoms with van der Waals surface area (Å²) >= 11 is 0. The quantitative estimate of drug-likeness (QED) is 0.249. The van der Waals surface area contributed by atoms with Crippen LogP contribution in [0.1, 0.15) is 100 Å². The Balaban J connectivity index is 0.00000324. The van der Waals surface area contributed by atoms with E-state index in [2.05, 4.69) is 125 Å². The summed E-state index contributed by atoms with van der Waals surface area (Å²) in [5, 5.41) is 0. The summed E-state index contributed by atoms with van der Waals surface area (Å²) in [6.07, 6.45) is 12.0. The Labute approximate surface area is 246 Å². The number of hydrogen-bond donors (Lipinski definition) is 0. The minimum atomic E-state index is 0. The van der Waals surface area contributed by atoms with Crippen molar-refractivity contribution in [1.82, 2.24) is 0 Å². The maximum Gasteiger partial charge on any atom is 1.00 e. The van der Waals surface area contributed by atoms with Crippen molar-refractivity contribution < 1.29 is 37.7 Å². The van der Waals surface area contributed by atoms with Gasteiger partial charge in [0.25, 0.3) is 0 Å². The van der Waals surface area contributed by atoms with Crippen molar-refractivity contribution in [2.24, 2.45) is 11.8 Å². The van der Waals surface area contributed by atoms with Crippen LogP contribution in [0.25, 0.3) is 0 Å². The van der Waals surface area contributed by atoms with Crippen LogP contribution in [0, 0.1) is 24.7 Å². The third-order valence-electron chi connectivity index (χ3n) is 7.50. The molecule has 0 radical (unpaired) electrons. The molecule has 0 aromatic heterocycles. The van der Waals surface area contributed by atoms with Crippen LogP contribution in [0.2, 0.25) is 0 Å². The maximum absolute atomic E-state index is 2.54. The van der Waals surface area contributed by atoms with E-state index < -0.39 is 0 Å². The van der Waals surface area contributed by atoms with E-state index in [-0.39, 0.29) is 37.7 Å². The molecule has 0 aliphatic carbocycles. The zero-order valence-corrected chi connectivity index (χ0v) is 23.8.